The molecule has 0 aliphatic rings. The van der Waals surface area contributed by atoms with Gasteiger partial charge >= 0.3 is 6.61 Å². The fourth-order valence-corrected chi connectivity index (χ4v) is 2.74. The molecule has 0 aliphatic heterocycles. The fraction of sp³-hybridized carbons (Fsp3) is 0.200. The quantitative estimate of drug-likeness (QED) is 0.647. The summed E-state index contributed by atoms with van der Waals surface area (Å²) in [6.45, 7) is -2.83. The van der Waals surface area contributed by atoms with E-state index in [1.807, 2.05) is 0 Å². The fourth-order valence-electron chi connectivity index (χ4n) is 1.90. The molecular weight excluding hydrogens is 366 g/mol. The van der Waals surface area contributed by atoms with Crippen molar-refractivity contribution in [2.45, 2.75) is 11.4 Å². The molecule has 0 bridgehead atoms. The molecule has 0 radical (unpaired) electrons. The summed E-state index contributed by atoms with van der Waals surface area (Å²) in [6, 6.07) is 11.7. The Hall–Kier alpha value is -1.33. The molecule has 2 nitrogen and oxygen atoms in total. The van der Waals surface area contributed by atoms with E-state index >= 15 is 0 Å². The molecule has 2 aromatic carbocycles. The largest absolute Gasteiger partial charge is 0.496 e. The molecule has 0 saturated heterocycles. The van der Waals surface area contributed by atoms with E-state index in [2.05, 4.69) is 20.7 Å². The van der Waals surface area contributed by atoms with Gasteiger partial charge in [0.05, 0.1) is 11.9 Å². The van der Waals surface area contributed by atoms with Crippen LogP contribution in [0, 0.1) is 0 Å². The minimum Gasteiger partial charge on any atom is -0.496 e. The number of hydrogen-bond donors (Lipinski definition) is 0. The number of alkyl halides is 3. The molecule has 2 aromatic rings. The van der Waals surface area contributed by atoms with Crippen LogP contribution < -0.4 is 9.47 Å². The van der Waals surface area contributed by atoms with Crippen molar-refractivity contribution in [3.63, 3.8) is 0 Å². The van der Waals surface area contributed by atoms with Gasteiger partial charge in [0.2, 0.25) is 0 Å². The van der Waals surface area contributed by atoms with Gasteiger partial charge in [-0.1, -0.05) is 39.7 Å². The van der Waals surface area contributed by atoms with Crippen LogP contribution in [0.1, 0.15) is 16.0 Å². The SMILES string of the molecule is COc1ccc(Cl)cc1C(Br)c1ccc(OC(F)F)cc1. The Balaban J connectivity index is 2.27. The molecule has 6 heteroatoms. The molecule has 0 saturated carbocycles. The van der Waals surface area contributed by atoms with Gasteiger partial charge in [0.1, 0.15) is 11.5 Å². The molecule has 0 heterocycles. The Morgan fingerprint density at radius 2 is 1.76 bits per heavy atom. The molecular formula is C15H12BrClF2O2. The first-order valence-corrected chi connectivity index (χ1v) is 7.33. The van der Waals surface area contributed by atoms with Gasteiger partial charge in [-0.2, -0.15) is 8.78 Å². The Morgan fingerprint density at radius 3 is 2.33 bits per heavy atom. The van der Waals surface area contributed by atoms with E-state index in [9.17, 15) is 8.78 Å². The minimum absolute atomic E-state index is 0.117. The highest BCUT2D eigenvalue weighted by Crippen LogP contribution is 2.38. The van der Waals surface area contributed by atoms with Crippen molar-refractivity contribution < 1.29 is 18.3 Å². The number of methoxy groups -OCH3 is 1. The standard InChI is InChI=1S/C15H12BrClF2O2/c1-20-13-7-4-10(17)8-12(13)14(16)9-2-5-11(6-3-9)21-15(18)19/h2-8,14-15H,1H3. The summed E-state index contributed by atoms with van der Waals surface area (Å²) in [5.41, 5.74) is 1.73. The Bertz CT molecular complexity index is 605. The predicted molar refractivity (Wildman–Crippen MR) is 81.8 cm³/mol. The van der Waals surface area contributed by atoms with Gasteiger partial charge in [-0.15, -0.1) is 0 Å². The van der Waals surface area contributed by atoms with E-state index in [4.69, 9.17) is 16.3 Å². The van der Waals surface area contributed by atoms with Crippen LogP contribution in [0.2, 0.25) is 5.02 Å². The first kappa shape index (κ1) is 16.0. The van der Waals surface area contributed by atoms with Gasteiger partial charge in [-0.25, -0.2) is 0 Å². The molecule has 1 atom stereocenters. The summed E-state index contributed by atoms with van der Waals surface area (Å²) in [7, 11) is 1.58. The predicted octanol–water partition coefficient (Wildman–Crippen LogP) is 5.43. The van der Waals surface area contributed by atoms with Crippen LogP contribution in [0.4, 0.5) is 8.78 Å². The van der Waals surface area contributed by atoms with Gasteiger partial charge in [0.25, 0.3) is 0 Å². The summed E-state index contributed by atoms with van der Waals surface area (Å²) in [6.07, 6.45) is 0. The zero-order chi connectivity index (χ0) is 15.4. The van der Waals surface area contributed by atoms with Crippen molar-refractivity contribution in [3.05, 3.63) is 58.6 Å². The van der Waals surface area contributed by atoms with Crippen LogP contribution in [0.3, 0.4) is 0 Å². The maximum Gasteiger partial charge on any atom is 0.387 e. The number of halogens is 4. The van der Waals surface area contributed by atoms with E-state index in [1.54, 1.807) is 37.4 Å². The van der Waals surface area contributed by atoms with Crippen molar-refractivity contribution in [3.8, 4) is 11.5 Å². The number of ether oxygens (including phenoxy) is 2. The van der Waals surface area contributed by atoms with Crippen molar-refractivity contribution in [2.24, 2.45) is 0 Å². The van der Waals surface area contributed by atoms with E-state index in [-0.39, 0.29) is 10.6 Å². The second kappa shape index (κ2) is 7.09. The summed E-state index contributed by atoms with van der Waals surface area (Å²) >= 11 is 9.58. The highest BCUT2D eigenvalue weighted by atomic mass is 79.9. The Labute approximate surface area is 134 Å². The molecule has 0 amide bonds. The maximum atomic E-state index is 12.1. The van der Waals surface area contributed by atoms with Gasteiger partial charge in [-0.05, 0) is 35.9 Å². The summed E-state index contributed by atoms with van der Waals surface area (Å²) in [5.74, 6) is 0.806. The average molecular weight is 378 g/mol. The first-order valence-electron chi connectivity index (χ1n) is 6.03. The lowest BCUT2D eigenvalue weighted by atomic mass is 10.0. The Morgan fingerprint density at radius 1 is 1.10 bits per heavy atom. The van der Waals surface area contributed by atoms with Gasteiger partial charge in [0, 0.05) is 10.6 Å². The smallest absolute Gasteiger partial charge is 0.387 e. The highest BCUT2D eigenvalue weighted by molar-refractivity contribution is 9.09. The normalized spacial score (nSPS) is 12.3. The topological polar surface area (TPSA) is 18.5 Å². The number of benzene rings is 2. The second-order valence-electron chi connectivity index (χ2n) is 4.20. The van der Waals surface area contributed by atoms with Crippen LogP contribution >= 0.6 is 27.5 Å². The van der Waals surface area contributed by atoms with Crippen LogP contribution in [-0.4, -0.2) is 13.7 Å². The van der Waals surface area contributed by atoms with Gasteiger partial charge in [-0.3, -0.25) is 0 Å². The van der Waals surface area contributed by atoms with Crippen molar-refractivity contribution in [1.82, 2.24) is 0 Å². The lowest BCUT2D eigenvalue weighted by Crippen LogP contribution is -2.02. The number of hydrogen-bond acceptors (Lipinski definition) is 2. The molecule has 0 aliphatic carbocycles. The van der Waals surface area contributed by atoms with E-state index in [0.29, 0.717) is 10.8 Å². The minimum atomic E-state index is -2.83. The third-order valence-corrected chi connectivity index (χ3v) is 4.12. The van der Waals surface area contributed by atoms with Crippen molar-refractivity contribution >= 4 is 27.5 Å². The van der Waals surface area contributed by atoms with E-state index in [0.717, 1.165) is 11.1 Å². The Kier molecular flexibility index (Phi) is 5.42. The summed E-state index contributed by atoms with van der Waals surface area (Å²) in [4.78, 5) is -0.174. The monoisotopic (exact) mass is 376 g/mol. The zero-order valence-corrected chi connectivity index (χ0v) is 13.4. The van der Waals surface area contributed by atoms with Gasteiger partial charge < -0.3 is 9.47 Å². The van der Waals surface area contributed by atoms with Crippen LogP contribution in [0.25, 0.3) is 0 Å². The third kappa shape index (κ3) is 4.08. The lowest BCUT2D eigenvalue weighted by molar-refractivity contribution is -0.0498. The third-order valence-electron chi connectivity index (χ3n) is 2.86. The molecule has 1 unspecified atom stereocenters. The summed E-state index contributed by atoms with van der Waals surface area (Å²) < 4.78 is 33.9. The van der Waals surface area contributed by atoms with Gasteiger partial charge in [0.15, 0.2) is 0 Å². The molecule has 21 heavy (non-hydrogen) atoms. The van der Waals surface area contributed by atoms with Crippen molar-refractivity contribution in [1.29, 1.82) is 0 Å². The molecule has 0 N–H and O–H groups in total. The molecule has 0 aromatic heterocycles. The molecule has 0 spiro atoms. The zero-order valence-electron chi connectivity index (χ0n) is 11.0. The highest BCUT2D eigenvalue weighted by Gasteiger charge is 2.16. The molecule has 112 valence electrons. The average Bonchev–Trinajstić information content (AvgIpc) is 2.46. The number of rotatable bonds is 5. The van der Waals surface area contributed by atoms with Crippen LogP contribution in [-0.2, 0) is 0 Å². The summed E-state index contributed by atoms with van der Waals surface area (Å²) in [5, 5.41) is 0.591. The maximum absolute atomic E-state index is 12.1. The van der Waals surface area contributed by atoms with E-state index in [1.165, 1.54) is 12.1 Å². The second-order valence-corrected chi connectivity index (χ2v) is 5.55. The van der Waals surface area contributed by atoms with Crippen LogP contribution in [0.15, 0.2) is 42.5 Å². The lowest BCUT2D eigenvalue weighted by Gasteiger charge is -2.15. The van der Waals surface area contributed by atoms with E-state index < -0.39 is 6.61 Å². The first-order chi connectivity index (χ1) is 10.0. The molecule has 2 rings (SSSR count). The van der Waals surface area contributed by atoms with Crippen molar-refractivity contribution in [2.75, 3.05) is 7.11 Å². The van der Waals surface area contributed by atoms with Crippen LogP contribution in [0.5, 0.6) is 11.5 Å². The molecule has 0 fully saturated rings.